The number of carbonyl (C=O) groups is 1. The second-order valence-electron chi connectivity index (χ2n) is 4.94. The van der Waals surface area contributed by atoms with Gasteiger partial charge in [0.15, 0.2) is 17.4 Å². The number of benzene rings is 1. The summed E-state index contributed by atoms with van der Waals surface area (Å²) in [5.74, 6) is -2.26. The van der Waals surface area contributed by atoms with E-state index in [9.17, 15) is 13.6 Å². The second-order valence-corrected chi connectivity index (χ2v) is 4.94. The van der Waals surface area contributed by atoms with Gasteiger partial charge >= 0.3 is 0 Å². The number of rotatable bonds is 4. The summed E-state index contributed by atoms with van der Waals surface area (Å²) in [6, 6.07) is 3.32. The third-order valence-electron chi connectivity index (χ3n) is 3.39. The lowest BCUT2D eigenvalue weighted by Crippen LogP contribution is -2.45. The molecular weight excluding hydrogens is 250 g/mol. The molecule has 1 aliphatic heterocycles. The predicted octanol–water partition coefficient (Wildman–Crippen LogP) is 1.69. The molecule has 3 nitrogen and oxygen atoms in total. The van der Waals surface area contributed by atoms with E-state index in [0.717, 1.165) is 38.3 Å². The molecule has 0 amide bonds. The van der Waals surface area contributed by atoms with Gasteiger partial charge in [0.1, 0.15) is 0 Å². The van der Waals surface area contributed by atoms with Crippen LogP contribution in [0.1, 0.15) is 17.3 Å². The summed E-state index contributed by atoms with van der Waals surface area (Å²) in [5.41, 5.74) is 0.238. The Morgan fingerprint density at radius 2 is 2.00 bits per heavy atom. The standard InChI is InChI=1S/C14H18F2N2O/c1-10(9-18-6-4-17-5-7-18)14(19)11-2-3-12(15)13(16)8-11/h2-3,8,10,17H,4-7,9H2,1H3. The molecule has 2 rings (SSSR count). The molecule has 1 unspecified atom stereocenters. The molecule has 1 aromatic rings. The van der Waals surface area contributed by atoms with Gasteiger partial charge in [-0.25, -0.2) is 8.78 Å². The number of ketones is 1. The highest BCUT2D eigenvalue weighted by Crippen LogP contribution is 2.14. The van der Waals surface area contributed by atoms with E-state index in [0.29, 0.717) is 6.54 Å². The van der Waals surface area contributed by atoms with Crippen LogP contribution in [0.2, 0.25) is 0 Å². The Balaban J connectivity index is 1.99. The molecule has 1 heterocycles. The zero-order chi connectivity index (χ0) is 13.8. The van der Waals surface area contributed by atoms with Crippen LogP contribution in [0.15, 0.2) is 18.2 Å². The third kappa shape index (κ3) is 3.58. The molecule has 0 radical (unpaired) electrons. The van der Waals surface area contributed by atoms with Crippen molar-refractivity contribution in [3.8, 4) is 0 Å². The Labute approximate surface area is 111 Å². The largest absolute Gasteiger partial charge is 0.314 e. The molecule has 104 valence electrons. The lowest BCUT2D eigenvalue weighted by molar-refractivity contribution is 0.0887. The van der Waals surface area contributed by atoms with Crippen LogP contribution in [0.25, 0.3) is 0 Å². The van der Waals surface area contributed by atoms with Gasteiger partial charge in [-0.05, 0) is 18.2 Å². The predicted molar refractivity (Wildman–Crippen MR) is 69.2 cm³/mol. The van der Waals surface area contributed by atoms with E-state index in [1.54, 1.807) is 0 Å². The van der Waals surface area contributed by atoms with E-state index in [4.69, 9.17) is 0 Å². The van der Waals surface area contributed by atoms with Gasteiger partial charge in [0.2, 0.25) is 0 Å². The van der Waals surface area contributed by atoms with Gasteiger partial charge in [0.25, 0.3) is 0 Å². The molecular formula is C14H18F2N2O. The smallest absolute Gasteiger partial charge is 0.167 e. The number of Topliss-reactive ketones (excluding diaryl/α,β-unsaturated/α-hetero) is 1. The van der Waals surface area contributed by atoms with E-state index in [-0.39, 0.29) is 17.3 Å². The molecule has 0 bridgehead atoms. The SMILES string of the molecule is CC(CN1CCNCC1)C(=O)c1ccc(F)c(F)c1. The minimum absolute atomic E-state index is 0.141. The monoisotopic (exact) mass is 268 g/mol. The molecule has 1 aliphatic rings. The summed E-state index contributed by atoms with van der Waals surface area (Å²) < 4.78 is 26.0. The van der Waals surface area contributed by atoms with Crippen LogP contribution in [0, 0.1) is 17.6 Å². The molecule has 1 atom stereocenters. The third-order valence-corrected chi connectivity index (χ3v) is 3.39. The van der Waals surface area contributed by atoms with Crippen molar-refractivity contribution in [1.29, 1.82) is 0 Å². The molecule has 1 fully saturated rings. The van der Waals surface area contributed by atoms with Crippen molar-refractivity contribution in [3.63, 3.8) is 0 Å². The lowest BCUT2D eigenvalue weighted by atomic mass is 9.98. The van der Waals surface area contributed by atoms with E-state index in [1.807, 2.05) is 6.92 Å². The number of hydrogen-bond donors (Lipinski definition) is 1. The van der Waals surface area contributed by atoms with Crippen LogP contribution in [0.3, 0.4) is 0 Å². The van der Waals surface area contributed by atoms with Gasteiger partial charge in [-0.2, -0.15) is 0 Å². The van der Waals surface area contributed by atoms with Crippen molar-refractivity contribution in [3.05, 3.63) is 35.4 Å². The highest BCUT2D eigenvalue weighted by molar-refractivity contribution is 5.97. The Morgan fingerprint density at radius 1 is 1.32 bits per heavy atom. The number of halogens is 2. The summed E-state index contributed by atoms with van der Waals surface area (Å²) in [6.07, 6.45) is 0. The van der Waals surface area contributed by atoms with Gasteiger partial charge in [-0.15, -0.1) is 0 Å². The summed E-state index contributed by atoms with van der Waals surface area (Å²) in [6.45, 7) is 6.15. The average Bonchev–Trinajstić information content (AvgIpc) is 2.42. The molecule has 1 aromatic carbocycles. The Hall–Kier alpha value is -1.33. The molecule has 0 saturated carbocycles. The molecule has 1 N–H and O–H groups in total. The van der Waals surface area contributed by atoms with Crippen molar-refractivity contribution in [1.82, 2.24) is 10.2 Å². The molecule has 0 aromatic heterocycles. The van der Waals surface area contributed by atoms with Crippen molar-refractivity contribution in [2.45, 2.75) is 6.92 Å². The fourth-order valence-electron chi connectivity index (χ4n) is 2.30. The van der Waals surface area contributed by atoms with E-state index in [2.05, 4.69) is 10.2 Å². The molecule has 0 aliphatic carbocycles. The fourth-order valence-corrected chi connectivity index (χ4v) is 2.30. The van der Waals surface area contributed by atoms with Crippen molar-refractivity contribution < 1.29 is 13.6 Å². The maximum Gasteiger partial charge on any atom is 0.167 e. The Kier molecular flexibility index (Phi) is 4.61. The van der Waals surface area contributed by atoms with Gasteiger partial charge in [0.05, 0.1) is 0 Å². The number of carbonyl (C=O) groups excluding carboxylic acids is 1. The van der Waals surface area contributed by atoms with Crippen LogP contribution in [0.4, 0.5) is 8.78 Å². The van der Waals surface area contributed by atoms with Gasteiger partial charge in [0, 0.05) is 44.2 Å². The topological polar surface area (TPSA) is 32.3 Å². The minimum atomic E-state index is -0.972. The molecule has 0 spiro atoms. The zero-order valence-corrected chi connectivity index (χ0v) is 11.0. The average molecular weight is 268 g/mol. The van der Waals surface area contributed by atoms with E-state index >= 15 is 0 Å². The maximum atomic E-state index is 13.1. The van der Waals surface area contributed by atoms with E-state index < -0.39 is 11.6 Å². The second kappa shape index (κ2) is 6.21. The van der Waals surface area contributed by atoms with Gasteiger partial charge < -0.3 is 10.2 Å². The minimum Gasteiger partial charge on any atom is -0.314 e. The molecule has 19 heavy (non-hydrogen) atoms. The van der Waals surface area contributed by atoms with Gasteiger partial charge in [-0.3, -0.25) is 4.79 Å². The zero-order valence-electron chi connectivity index (χ0n) is 11.0. The summed E-state index contributed by atoms with van der Waals surface area (Å²) >= 11 is 0. The molecule has 5 heteroatoms. The van der Waals surface area contributed by atoms with Crippen LogP contribution in [0.5, 0.6) is 0 Å². The highest BCUT2D eigenvalue weighted by atomic mass is 19.2. The van der Waals surface area contributed by atoms with E-state index in [1.165, 1.54) is 6.07 Å². The number of piperazine rings is 1. The summed E-state index contributed by atoms with van der Waals surface area (Å²) in [7, 11) is 0. The Bertz CT molecular complexity index is 459. The normalized spacial score (nSPS) is 18.3. The fraction of sp³-hybridized carbons (Fsp3) is 0.500. The Morgan fingerprint density at radius 3 is 2.63 bits per heavy atom. The first-order valence-corrected chi connectivity index (χ1v) is 6.50. The van der Waals surface area contributed by atoms with Crippen molar-refractivity contribution in [2.24, 2.45) is 5.92 Å². The lowest BCUT2D eigenvalue weighted by Gasteiger charge is -2.29. The summed E-state index contributed by atoms with van der Waals surface area (Å²) in [4.78, 5) is 14.4. The molecule has 1 saturated heterocycles. The first-order chi connectivity index (χ1) is 9.08. The van der Waals surface area contributed by atoms with Crippen molar-refractivity contribution in [2.75, 3.05) is 32.7 Å². The van der Waals surface area contributed by atoms with Crippen LogP contribution < -0.4 is 5.32 Å². The quantitative estimate of drug-likeness (QED) is 0.843. The van der Waals surface area contributed by atoms with Crippen LogP contribution in [-0.2, 0) is 0 Å². The summed E-state index contributed by atoms with van der Waals surface area (Å²) in [5, 5.41) is 3.24. The number of nitrogens with zero attached hydrogens (tertiary/aromatic N) is 1. The highest BCUT2D eigenvalue weighted by Gasteiger charge is 2.20. The van der Waals surface area contributed by atoms with Crippen molar-refractivity contribution >= 4 is 5.78 Å². The first kappa shape index (κ1) is 14.1. The van der Waals surface area contributed by atoms with Crippen LogP contribution >= 0.6 is 0 Å². The van der Waals surface area contributed by atoms with Gasteiger partial charge in [-0.1, -0.05) is 6.92 Å². The number of nitrogens with one attached hydrogen (secondary N) is 1. The van der Waals surface area contributed by atoms with Crippen LogP contribution in [-0.4, -0.2) is 43.4 Å². The maximum absolute atomic E-state index is 13.1. The number of hydrogen-bond acceptors (Lipinski definition) is 3. The first-order valence-electron chi connectivity index (χ1n) is 6.50.